The summed E-state index contributed by atoms with van der Waals surface area (Å²) in [6.45, 7) is 0. The smallest absolute Gasteiger partial charge is 0.175 e. The van der Waals surface area contributed by atoms with E-state index in [4.69, 9.17) is 17.3 Å². The van der Waals surface area contributed by atoms with Gasteiger partial charge in [-0.3, -0.25) is 0 Å². The fourth-order valence-electron chi connectivity index (χ4n) is 0.457. The Morgan fingerprint density at radius 2 is 2.18 bits per heavy atom. The van der Waals surface area contributed by atoms with Crippen molar-refractivity contribution in [1.29, 1.82) is 0 Å². The standard InChI is InChI=1S/C5H3ClFIN2.ClH/c6-5-3(7)4(8)2(9)1-10-5;/h1H,9H2;1H. The third kappa shape index (κ3) is 2.31. The van der Waals surface area contributed by atoms with E-state index in [-0.39, 0.29) is 17.6 Å². The van der Waals surface area contributed by atoms with Crippen molar-refractivity contribution in [3.63, 3.8) is 0 Å². The van der Waals surface area contributed by atoms with Gasteiger partial charge in [0, 0.05) is 0 Å². The van der Waals surface area contributed by atoms with Gasteiger partial charge in [-0.1, -0.05) is 11.6 Å². The summed E-state index contributed by atoms with van der Waals surface area (Å²) < 4.78 is 13.0. The highest BCUT2D eigenvalue weighted by atomic mass is 127. The third-order valence-electron chi connectivity index (χ3n) is 0.944. The van der Waals surface area contributed by atoms with Crippen LogP contribution in [0.25, 0.3) is 0 Å². The summed E-state index contributed by atoms with van der Waals surface area (Å²) in [4.78, 5) is 3.50. The first kappa shape index (κ1) is 11.2. The molecule has 0 spiro atoms. The molecule has 0 saturated carbocycles. The summed E-state index contributed by atoms with van der Waals surface area (Å²) in [6, 6.07) is 0. The Morgan fingerprint density at radius 1 is 1.64 bits per heavy atom. The molecule has 0 amide bonds. The van der Waals surface area contributed by atoms with E-state index in [9.17, 15) is 4.39 Å². The van der Waals surface area contributed by atoms with Gasteiger partial charge in [0.25, 0.3) is 0 Å². The van der Waals surface area contributed by atoms with E-state index in [1.165, 1.54) is 6.20 Å². The summed E-state index contributed by atoms with van der Waals surface area (Å²) in [5.74, 6) is -0.553. The molecule has 2 nitrogen and oxygen atoms in total. The lowest BCUT2D eigenvalue weighted by molar-refractivity contribution is 0.615. The molecule has 0 radical (unpaired) electrons. The molecule has 0 unspecified atom stereocenters. The number of hydrogen-bond donors (Lipinski definition) is 1. The highest BCUT2D eigenvalue weighted by molar-refractivity contribution is 14.1. The van der Waals surface area contributed by atoms with Crippen LogP contribution in [-0.2, 0) is 0 Å². The predicted molar refractivity (Wildman–Crippen MR) is 53.6 cm³/mol. The second-order valence-corrected chi connectivity index (χ2v) is 3.07. The Labute approximate surface area is 87.9 Å². The molecule has 62 valence electrons. The SMILES string of the molecule is Cl.Nc1cnc(Cl)c(F)c1I. The number of halogens is 4. The first-order chi connectivity index (χ1) is 4.63. The van der Waals surface area contributed by atoms with Gasteiger partial charge >= 0.3 is 0 Å². The quantitative estimate of drug-likeness (QED) is 0.591. The maximum Gasteiger partial charge on any atom is 0.175 e. The first-order valence-electron chi connectivity index (χ1n) is 2.38. The van der Waals surface area contributed by atoms with E-state index in [1.54, 1.807) is 22.6 Å². The van der Waals surface area contributed by atoms with Gasteiger partial charge in [0.15, 0.2) is 11.0 Å². The minimum Gasteiger partial charge on any atom is -0.397 e. The minimum atomic E-state index is -0.553. The van der Waals surface area contributed by atoms with E-state index in [0.717, 1.165) is 0 Å². The monoisotopic (exact) mass is 308 g/mol. The lowest BCUT2D eigenvalue weighted by Crippen LogP contribution is -1.95. The maximum absolute atomic E-state index is 12.7. The van der Waals surface area contributed by atoms with E-state index in [1.807, 2.05) is 0 Å². The molecular formula is C5H4Cl2FIN2. The number of rotatable bonds is 0. The van der Waals surface area contributed by atoms with Crippen molar-refractivity contribution in [2.75, 3.05) is 5.73 Å². The molecule has 0 saturated heterocycles. The van der Waals surface area contributed by atoms with Crippen LogP contribution in [0.2, 0.25) is 5.15 Å². The van der Waals surface area contributed by atoms with Crippen LogP contribution in [0.15, 0.2) is 6.20 Å². The highest BCUT2D eigenvalue weighted by Gasteiger charge is 2.07. The summed E-state index contributed by atoms with van der Waals surface area (Å²) in [5.41, 5.74) is 5.63. The number of nitrogen functional groups attached to an aromatic ring is 1. The van der Waals surface area contributed by atoms with Gasteiger partial charge in [0.1, 0.15) is 0 Å². The summed E-state index contributed by atoms with van der Waals surface area (Å²) in [7, 11) is 0. The Morgan fingerprint density at radius 3 is 2.64 bits per heavy atom. The zero-order valence-corrected chi connectivity index (χ0v) is 8.87. The van der Waals surface area contributed by atoms with E-state index >= 15 is 0 Å². The molecule has 11 heavy (non-hydrogen) atoms. The fourth-order valence-corrected chi connectivity index (χ4v) is 1.15. The molecular weight excluding hydrogens is 305 g/mol. The second-order valence-electron chi connectivity index (χ2n) is 1.63. The molecule has 0 fully saturated rings. The Balaban J connectivity index is 0.000001000. The molecule has 0 aliphatic carbocycles. The summed E-state index contributed by atoms with van der Waals surface area (Å²) >= 11 is 7.11. The number of nitrogens with zero attached hydrogens (tertiary/aromatic N) is 1. The Bertz CT molecular complexity index is 242. The Kier molecular flexibility index (Phi) is 4.35. The molecule has 0 aliphatic rings. The third-order valence-corrected chi connectivity index (χ3v) is 2.30. The normalized spacial score (nSPS) is 9.00. The topological polar surface area (TPSA) is 38.9 Å². The van der Waals surface area contributed by atoms with Gasteiger partial charge in [-0.15, -0.1) is 12.4 Å². The van der Waals surface area contributed by atoms with Crippen molar-refractivity contribution in [2.45, 2.75) is 0 Å². The van der Waals surface area contributed by atoms with Gasteiger partial charge < -0.3 is 5.73 Å². The van der Waals surface area contributed by atoms with Gasteiger partial charge in [0.2, 0.25) is 0 Å². The molecule has 1 rings (SSSR count). The molecule has 1 heterocycles. The second kappa shape index (κ2) is 4.27. The largest absolute Gasteiger partial charge is 0.397 e. The van der Waals surface area contributed by atoms with Crippen molar-refractivity contribution < 1.29 is 4.39 Å². The fraction of sp³-hybridized carbons (Fsp3) is 0. The van der Waals surface area contributed by atoms with Crippen LogP contribution in [-0.4, -0.2) is 4.98 Å². The van der Waals surface area contributed by atoms with Crippen LogP contribution in [0.5, 0.6) is 0 Å². The molecule has 1 aromatic heterocycles. The van der Waals surface area contributed by atoms with E-state index < -0.39 is 5.82 Å². The van der Waals surface area contributed by atoms with E-state index in [0.29, 0.717) is 9.26 Å². The van der Waals surface area contributed by atoms with Crippen LogP contribution in [0, 0.1) is 9.39 Å². The van der Waals surface area contributed by atoms with Gasteiger partial charge in [0.05, 0.1) is 15.5 Å². The average Bonchev–Trinajstić information content (AvgIpc) is 1.93. The average molecular weight is 309 g/mol. The number of nitrogens with two attached hydrogens (primary N) is 1. The van der Waals surface area contributed by atoms with Crippen LogP contribution >= 0.6 is 46.6 Å². The number of aromatic nitrogens is 1. The molecule has 0 aliphatic heterocycles. The van der Waals surface area contributed by atoms with Crippen LogP contribution in [0.4, 0.5) is 10.1 Å². The predicted octanol–water partition coefficient (Wildman–Crippen LogP) is 2.48. The van der Waals surface area contributed by atoms with Crippen molar-refractivity contribution in [1.82, 2.24) is 4.98 Å². The van der Waals surface area contributed by atoms with E-state index in [2.05, 4.69) is 4.98 Å². The lowest BCUT2D eigenvalue weighted by Gasteiger charge is -1.98. The zero-order chi connectivity index (χ0) is 7.72. The lowest BCUT2D eigenvalue weighted by atomic mass is 10.4. The number of anilines is 1. The number of hydrogen-bond acceptors (Lipinski definition) is 2. The summed E-state index contributed by atoms with van der Waals surface area (Å²) in [6.07, 6.45) is 1.33. The maximum atomic E-state index is 12.7. The van der Waals surface area contributed by atoms with Gasteiger partial charge in [-0.05, 0) is 22.6 Å². The van der Waals surface area contributed by atoms with Crippen molar-refractivity contribution in [3.8, 4) is 0 Å². The molecule has 0 aromatic carbocycles. The van der Waals surface area contributed by atoms with Crippen LogP contribution in [0.1, 0.15) is 0 Å². The first-order valence-corrected chi connectivity index (χ1v) is 3.83. The summed E-state index contributed by atoms with van der Waals surface area (Å²) in [5, 5.41) is -0.140. The molecule has 2 N–H and O–H groups in total. The minimum absolute atomic E-state index is 0. The van der Waals surface area contributed by atoms with Gasteiger partial charge in [-0.25, -0.2) is 9.37 Å². The van der Waals surface area contributed by atoms with Crippen molar-refractivity contribution in [3.05, 3.63) is 20.7 Å². The Hall–Kier alpha value is 0.190. The molecule has 1 aromatic rings. The number of pyridine rings is 1. The van der Waals surface area contributed by atoms with Crippen LogP contribution in [0.3, 0.4) is 0 Å². The molecule has 0 atom stereocenters. The highest BCUT2D eigenvalue weighted by Crippen LogP contribution is 2.21. The molecule has 6 heteroatoms. The van der Waals surface area contributed by atoms with Crippen molar-refractivity contribution in [2.24, 2.45) is 0 Å². The van der Waals surface area contributed by atoms with Gasteiger partial charge in [-0.2, -0.15) is 0 Å². The van der Waals surface area contributed by atoms with Crippen LogP contribution < -0.4 is 5.73 Å². The molecule has 0 bridgehead atoms. The van der Waals surface area contributed by atoms with Crippen molar-refractivity contribution >= 4 is 52.3 Å². The zero-order valence-electron chi connectivity index (χ0n) is 5.14.